The Bertz CT molecular complexity index is 758. The van der Waals surface area contributed by atoms with Gasteiger partial charge in [0.25, 0.3) is 5.22 Å². The van der Waals surface area contributed by atoms with Crippen molar-refractivity contribution in [1.29, 1.82) is 5.26 Å². The van der Waals surface area contributed by atoms with E-state index in [-0.39, 0.29) is 0 Å². The van der Waals surface area contributed by atoms with Gasteiger partial charge in [0.2, 0.25) is 0 Å². The Morgan fingerprint density at radius 2 is 2.05 bits per heavy atom. The Hall–Kier alpha value is -1.77. The molecule has 0 aliphatic rings. The van der Waals surface area contributed by atoms with E-state index < -0.39 is 0 Å². The monoisotopic (exact) mass is 330 g/mol. The lowest BCUT2D eigenvalue weighted by Crippen LogP contribution is -1.81. The molecule has 1 aromatic heterocycles. The van der Waals surface area contributed by atoms with Gasteiger partial charge in [0.05, 0.1) is 5.56 Å². The highest BCUT2D eigenvalue weighted by Crippen LogP contribution is 2.33. The third-order valence-electron chi connectivity index (χ3n) is 2.54. The van der Waals surface area contributed by atoms with Gasteiger partial charge in [-0.25, -0.2) is 4.98 Å². The quantitative estimate of drug-likeness (QED) is 0.688. The Labute approximate surface area is 122 Å². The highest BCUT2D eigenvalue weighted by molar-refractivity contribution is 9.10. The average molecular weight is 331 g/mol. The van der Waals surface area contributed by atoms with Crippen molar-refractivity contribution in [3.05, 3.63) is 52.5 Å². The van der Waals surface area contributed by atoms with Crippen LogP contribution in [0.4, 0.5) is 0 Å². The second kappa shape index (κ2) is 5.08. The molecule has 19 heavy (non-hydrogen) atoms. The molecule has 0 fully saturated rings. The SMILES string of the molecule is N#Cc1ccc(Br)cc1Sc1nc2ccccc2o1. The zero-order valence-electron chi connectivity index (χ0n) is 9.63. The summed E-state index contributed by atoms with van der Waals surface area (Å²) in [6.07, 6.45) is 0. The van der Waals surface area contributed by atoms with E-state index in [9.17, 15) is 0 Å². The summed E-state index contributed by atoms with van der Waals surface area (Å²) in [5, 5.41) is 9.64. The van der Waals surface area contributed by atoms with Gasteiger partial charge in [-0.05, 0) is 42.1 Å². The third-order valence-corrected chi connectivity index (χ3v) is 3.94. The van der Waals surface area contributed by atoms with Crippen LogP contribution in [0.5, 0.6) is 0 Å². The Morgan fingerprint density at radius 1 is 1.21 bits per heavy atom. The van der Waals surface area contributed by atoms with Gasteiger partial charge in [-0.15, -0.1) is 0 Å². The standard InChI is InChI=1S/C14H7BrN2OS/c15-10-6-5-9(8-16)13(7-10)19-14-17-11-3-1-2-4-12(11)18-14/h1-7H. The average Bonchev–Trinajstić information content (AvgIpc) is 2.81. The lowest BCUT2D eigenvalue weighted by molar-refractivity contribution is 0.489. The second-order valence-corrected chi connectivity index (χ2v) is 5.71. The summed E-state index contributed by atoms with van der Waals surface area (Å²) in [4.78, 5) is 5.21. The molecule has 3 rings (SSSR count). The molecule has 0 amide bonds. The molecule has 0 unspecified atom stereocenters. The highest BCUT2D eigenvalue weighted by atomic mass is 79.9. The van der Waals surface area contributed by atoms with E-state index in [1.807, 2.05) is 36.4 Å². The van der Waals surface area contributed by atoms with E-state index >= 15 is 0 Å². The molecule has 0 aliphatic heterocycles. The molecule has 0 spiro atoms. The van der Waals surface area contributed by atoms with Crippen LogP contribution >= 0.6 is 27.7 Å². The summed E-state index contributed by atoms with van der Waals surface area (Å²) >= 11 is 4.75. The van der Waals surface area contributed by atoms with Gasteiger partial charge in [-0.3, -0.25) is 0 Å². The molecular weight excluding hydrogens is 324 g/mol. The van der Waals surface area contributed by atoms with Crippen LogP contribution in [0, 0.1) is 11.3 Å². The minimum absolute atomic E-state index is 0.538. The minimum atomic E-state index is 0.538. The molecule has 0 atom stereocenters. The summed E-state index contributed by atoms with van der Waals surface area (Å²) in [6, 6.07) is 15.3. The summed E-state index contributed by atoms with van der Waals surface area (Å²) in [5.74, 6) is 0. The summed E-state index contributed by atoms with van der Waals surface area (Å²) in [6.45, 7) is 0. The van der Waals surface area contributed by atoms with Gasteiger partial charge in [-0.2, -0.15) is 5.26 Å². The molecule has 0 bridgehead atoms. The molecule has 5 heteroatoms. The number of fused-ring (bicyclic) bond motifs is 1. The van der Waals surface area contributed by atoms with Crippen molar-refractivity contribution in [2.45, 2.75) is 10.1 Å². The topological polar surface area (TPSA) is 49.8 Å². The van der Waals surface area contributed by atoms with Crippen LogP contribution in [-0.2, 0) is 0 Å². The minimum Gasteiger partial charge on any atom is -0.431 e. The van der Waals surface area contributed by atoms with Gasteiger partial charge in [0.1, 0.15) is 11.6 Å². The molecule has 3 nitrogen and oxygen atoms in total. The van der Waals surface area contributed by atoms with Gasteiger partial charge in [0, 0.05) is 9.37 Å². The van der Waals surface area contributed by atoms with E-state index in [4.69, 9.17) is 9.68 Å². The lowest BCUT2D eigenvalue weighted by Gasteiger charge is -2.00. The number of hydrogen-bond acceptors (Lipinski definition) is 4. The third kappa shape index (κ3) is 2.50. The number of rotatable bonds is 2. The number of nitriles is 1. The van der Waals surface area contributed by atoms with E-state index in [2.05, 4.69) is 27.0 Å². The highest BCUT2D eigenvalue weighted by Gasteiger charge is 2.10. The smallest absolute Gasteiger partial charge is 0.261 e. The van der Waals surface area contributed by atoms with Crippen molar-refractivity contribution >= 4 is 38.8 Å². The Morgan fingerprint density at radius 3 is 2.84 bits per heavy atom. The number of aromatic nitrogens is 1. The van der Waals surface area contributed by atoms with Crippen LogP contribution < -0.4 is 0 Å². The molecule has 0 radical (unpaired) electrons. The first-order valence-electron chi connectivity index (χ1n) is 5.49. The number of oxazole rings is 1. The fourth-order valence-electron chi connectivity index (χ4n) is 1.66. The van der Waals surface area contributed by atoms with E-state index in [0.29, 0.717) is 10.8 Å². The maximum Gasteiger partial charge on any atom is 0.261 e. The maximum absolute atomic E-state index is 9.10. The maximum atomic E-state index is 9.10. The predicted molar refractivity (Wildman–Crippen MR) is 77.0 cm³/mol. The summed E-state index contributed by atoms with van der Waals surface area (Å²) < 4.78 is 6.56. The van der Waals surface area contributed by atoms with Crippen LogP contribution in [0.2, 0.25) is 0 Å². The van der Waals surface area contributed by atoms with E-state index in [0.717, 1.165) is 20.5 Å². The first kappa shape index (κ1) is 12.3. The van der Waals surface area contributed by atoms with Crippen molar-refractivity contribution < 1.29 is 4.42 Å². The van der Waals surface area contributed by atoms with Gasteiger partial charge in [-0.1, -0.05) is 28.1 Å². The Balaban J connectivity index is 2.01. The van der Waals surface area contributed by atoms with Crippen molar-refractivity contribution in [2.75, 3.05) is 0 Å². The molecule has 1 heterocycles. The van der Waals surface area contributed by atoms with Crippen LogP contribution in [0.1, 0.15) is 5.56 Å². The van der Waals surface area contributed by atoms with Crippen LogP contribution in [-0.4, -0.2) is 4.98 Å². The van der Waals surface area contributed by atoms with Crippen molar-refractivity contribution in [1.82, 2.24) is 4.98 Å². The number of para-hydroxylation sites is 2. The molecule has 0 N–H and O–H groups in total. The van der Waals surface area contributed by atoms with Crippen molar-refractivity contribution in [2.24, 2.45) is 0 Å². The molecule has 0 aliphatic carbocycles. The summed E-state index contributed by atoms with van der Waals surface area (Å²) in [7, 11) is 0. The first-order valence-corrected chi connectivity index (χ1v) is 7.10. The van der Waals surface area contributed by atoms with Gasteiger partial charge in [0.15, 0.2) is 5.58 Å². The summed E-state index contributed by atoms with van der Waals surface area (Å²) in [5.41, 5.74) is 2.17. The fraction of sp³-hybridized carbons (Fsp3) is 0. The van der Waals surface area contributed by atoms with E-state index in [1.165, 1.54) is 11.8 Å². The molecule has 0 saturated carbocycles. The molecular formula is C14H7BrN2OS. The molecule has 92 valence electrons. The van der Waals surface area contributed by atoms with Gasteiger partial charge >= 0.3 is 0 Å². The number of nitrogens with zero attached hydrogens (tertiary/aromatic N) is 2. The van der Waals surface area contributed by atoms with Crippen molar-refractivity contribution in [3.63, 3.8) is 0 Å². The zero-order chi connectivity index (χ0) is 13.2. The molecule has 3 aromatic rings. The largest absolute Gasteiger partial charge is 0.431 e. The molecule has 0 saturated heterocycles. The number of hydrogen-bond donors (Lipinski definition) is 0. The van der Waals surface area contributed by atoms with E-state index in [1.54, 1.807) is 6.07 Å². The first-order chi connectivity index (χ1) is 9.26. The number of benzene rings is 2. The normalized spacial score (nSPS) is 10.5. The van der Waals surface area contributed by atoms with Crippen LogP contribution in [0.3, 0.4) is 0 Å². The lowest BCUT2D eigenvalue weighted by atomic mass is 10.2. The fourth-order valence-corrected chi connectivity index (χ4v) is 3.05. The molecule has 2 aromatic carbocycles. The van der Waals surface area contributed by atoms with Crippen molar-refractivity contribution in [3.8, 4) is 6.07 Å². The van der Waals surface area contributed by atoms with Crippen LogP contribution in [0.15, 0.2) is 61.5 Å². The Kier molecular flexibility index (Phi) is 3.28. The zero-order valence-corrected chi connectivity index (χ0v) is 12.0. The number of halogens is 1. The second-order valence-electron chi connectivity index (χ2n) is 3.80. The van der Waals surface area contributed by atoms with Gasteiger partial charge < -0.3 is 4.42 Å². The van der Waals surface area contributed by atoms with Crippen LogP contribution in [0.25, 0.3) is 11.1 Å². The predicted octanol–water partition coefficient (Wildman–Crippen LogP) is 4.61.